The Bertz CT molecular complexity index is 371. The third-order valence-electron chi connectivity index (χ3n) is 3.07. The van der Waals surface area contributed by atoms with Gasteiger partial charge in [-0.2, -0.15) is 0 Å². The lowest BCUT2D eigenvalue weighted by Gasteiger charge is -2.19. The van der Waals surface area contributed by atoms with Crippen LogP contribution >= 0.6 is 15.9 Å². The molecule has 0 saturated carbocycles. The molecule has 0 radical (unpaired) electrons. The Balaban J connectivity index is 2.49. The van der Waals surface area contributed by atoms with Crippen molar-refractivity contribution in [1.29, 1.82) is 0 Å². The van der Waals surface area contributed by atoms with Gasteiger partial charge in [-0.25, -0.2) is 0 Å². The van der Waals surface area contributed by atoms with E-state index >= 15 is 0 Å². The van der Waals surface area contributed by atoms with Crippen LogP contribution in [0.1, 0.15) is 18.9 Å². The molecule has 0 aromatic heterocycles. The minimum Gasteiger partial charge on any atom is -0.496 e. The number of methoxy groups -OCH3 is 1. The van der Waals surface area contributed by atoms with Crippen molar-refractivity contribution in [2.24, 2.45) is 11.7 Å². The molecule has 0 aliphatic rings. The van der Waals surface area contributed by atoms with Crippen LogP contribution in [0.2, 0.25) is 0 Å². The first-order valence-electron chi connectivity index (χ1n) is 6.27. The molecule has 0 fully saturated rings. The minimum absolute atomic E-state index is 0.593. The van der Waals surface area contributed by atoms with E-state index in [9.17, 15) is 0 Å². The molecule has 0 bridgehead atoms. The van der Waals surface area contributed by atoms with Crippen LogP contribution in [0, 0.1) is 5.92 Å². The topological polar surface area (TPSA) is 38.5 Å². The van der Waals surface area contributed by atoms with E-state index in [0.29, 0.717) is 5.92 Å². The van der Waals surface area contributed by atoms with E-state index in [1.807, 2.05) is 6.07 Å². The molecule has 1 atom stereocenters. The monoisotopic (exact) mass is 314 g/mol. The van der Waals surface area contributed by atoms with E-state index in [4.69, 9.17) is 10.5 Å². The lowest BCUT2D eigenvalue weighted by molar-refractivity contribution is 0.300. The number of ether oxygens (including phenoxy) is 1. The maximum absolute atomic E-state index is 5.62. The third-order valence-corrected chi connectivity index (χ3v) is 3.69. The highest BCUT2D eigenvalue weighted by molar-refractivity contribution is 9.10. The molecule has 1 aromatic carbocycles. The summed E-state index contributed by atoms with van der Waals surface area (Å²) in [7, 11) is 3.82. The summed E-state index contributed by atoms with van der Waals surface area (Å²) in [5.74, 6) is 1.47. The summed E-state index contributed by atoms with van der Waals surface area (Å²) < 4.78 is 6.23. The van der Waals surface area contributed by atoms with Crippen LogP contribution < -0.4 is 10.5 Å². The van der Waals surface area contributed by atoms with Gasteiger partial charge in [-0.1, -0.05) is 13.0 Å². The minimum atomic E-state index is 0.593. The Morgan fingerprint density at radius 2 is 2.17 bits per heavy atom. The smallest absolute Gasteiger partial charge is 0.133 e. The molecule has 0 saturated heterocycles. The van der Waals surface area contributed by atoms with Gasteiger partial charge >= 0.3 is 0 Å². The van der Waals surface area contributed by atoms with Crippen molar-refractivity contribution in [3.05, 3.63) is 28.2 Å². The van der Waals surface area contributed by atoms with Crippen LogP contribution in [0.5, 0.6) is 5.75 Å². The fourth-order valence-electron chi connectivity index (χ4n) is 1.76. The first-order chi connectivity index (χ1) is 8.56. The van der Waals surface area contributed by atoms with E-state index in [1.54, 1.807) is 7.11 Å². The molecule has 1 unspecified atom stereocenters. The van der Waals surface area contributed by atoms with Crippen LogP contribution in [-0.2, 0) is 6.54 Å². The van der Waals surface area contributed by atoms with Crippen LogP contribution in [0.3, 0.4) is 0 Å². The quantitative estimate of drug-likeness (QED) is 0.841. The number of hydrogen-bond donors (Lipinski definition) is 1. The second-order valence-corrected chi connectivity index (χ2v) is 5.69. The molecule has 3 nitrogen and oxygen atoms in total. The second kappa shape index (κ2) is 7.77. The van der Waals surface area contributed by atoms with E-state index in [-0.39, 0.29) is 0 Å². The van der Waals surface area contributed by atoms with Crippen LogP contribution in [0.4, 0.5) is 0 Å². The fourth-order valence-corrected chi connectivity index (χ4v) is 2.35. The molecule has 18 heavy (non-hydrogen) atoms. The van der Waals surface area contributed by atoms with Gasteiger partial charge in [0.2, 0.25) is 0 Å². The van der Waals surface area contributed by atoms with E-state index in [2.05, 4.69) is 46.9 Å². The van der Waals surface area contributed by atoms with E-state index in [0.717, 1.165) is 36.3 Å². The molecule has 0 spiro atoms. The van der Waals surface area contributed by atoms with Gasteiger partial charge in [-0.3, -0.25) is 0 Å². The number of nitrogens with zero attached hydrogens (tertiary/aromatic N) is 1. The lowest BCUT2D eigenvalue weighted by atomic mass is 10.1. The van der Waals surface area contributed by atoms with Gasteiger partial charge in [0.1, 0.15) is 5.75 Å². The molecule has 0 aliphatic heterocycles. The van der Waals surface area contributed by atoms with Crippen molar-refractivity contribution in [2.45, 2.75) is 19.9 Å². The summed E-state index contributed by atoms with van der Waals surface area (Å²) in [6.07, 6.45) is 1.14. The molecule has 102 valence electrons. The summed E-state index contributed by atoms with van der Waals surface area (Å²) in [5, 5.41) is 0. The van der Waals surface area contributed by atoms with Crippen molar-refractivity contribution in [3.8, 4) is 5.75 Å². The van der Waals surface area contributed by atoms with Gasteiger partial charge < -0.3 is 15.4 Å². The molecule has 0 aliphatic carbocycles. The summed E-state index contributed by atoms with van der Waals surface area (Å²) >= 11 is 3.51. The highest BCUT2D eigenvalue weighted by Crippen LogP contribution is 2.25. The zero-order valence-electron chi connectivity index (χ0n) is 11.4. The van der Waals surface area contributed by atoms with Gasteiger partial charge in [0.05, 0.1) is 11.6 Å². The Hall–Kier alpha value is -0.580. The van der Waals surface area contributed by atoms with Crippen LogP contribution in [-0.4, -0.2) is 32.1 Å². The van der Waals surface area contributed by atoms with Crippen LogP contribution in [0.25, 0.3) is 0 Å². The zero-order chi connectivity index (χ0) is 13.5. The zero-order valence-corrected chi connectivity index (χ0v) is 13.0. The summed E-state index contributed by atoms with van der Waals surface area (Å²) in [6, 6.07) is 6.21. The van der Waals surface area contributed by atoms with Gasteiger partial charge in [0.15, 0.2) is 0 Å². The van der Waals surface area contributed by atoms with Gasteiger partial charge in [0.25, 0.3) is 0 Å². The van der Waals surface area contributed by atoms with Crippen molar-refractivity contribution < 1.29 is 4.74 Å². The average molecular weight is 315 g/mol. The highest BCUT2D eigenvalue weighted by atomic mass is 79.9. The Morgan fingerprint density at radius 1 is 1.44 bits per heavy atom. The van der Waals surface area contributed by atoms with Crippen molar-refractivity contribution in [3.63, 3.8) is 0 Å². The number of hydrogen-bond acceptors (Lipinski definition) is 3. The highest BCUT2D eigenvalue weighted by Gasteiger charge is 2.06. The molecule has 4 heteroatoms. The molecular formula is C14H23BrN2O. The largest absolute Gasteiger partial charge is 0.496 e. The van der Waals surface area contributed by atoms with Crippen molar-refractivity contribution in [1.82, 2.24) is 4.90 Å². The van der Waals surface area contributed by atoms with Crippen LogP contribution in [0.15, 0.2) is 22.7 Å². The number of nitrogens with two attached hydrogens (primary N) is 1. The van der Waals surface area contributed by atoms with Crippen molar-refractivity contribution in [2.75, 3.05) is 27.2 Å². The average Bonchev–Trinajstić information content (AvgIpc) is 2.36. The maximum Gasteiger partial charge on any atom is 0.133 e. The number of benzene rings is 1. The summed E-state index contributed by atoms with van der Waals surface area (Å²) in [6.45, 7) is 4.97. The lowest BCUT2D eigenvalue weighted by Crippen LogP contribution is -2.23. The number of rotatable bonds is 7. The molecule has 0 heterocycles. The Labute approximate surface area is 118 Å². The van der Waals surface area contributed by atoms with Gasteiger partial charge in [0, 0.05) is 6.54 Å². The molecule has 2 N–H and O–H groups in total. The standard InChI is InChI=1S/C14H23BrN2O/c1-11(9-16)6-7-17(2)10-12-4-5-14(18-3)13(15)8-12/h4-5,8,11H,6-7,9-10,16H2,1-3H3. The molecule has 1 aromatic rings. The molecular weight excluding hydrogens is 292 g/mol. The fraction of sp³-hybridized carbons (Fsp3) is 0.571. The summed E-state index contributed by atoms with van der Waals surface area (Å²) in [5.41, 5.74) is 6.91. The van der Waals surface area contributed by atoms with Gasteiger partial charge in [-0.15, -0.1) is 0 Å². The van der Waals surface area contributed by atoms with Gasteiger partial charge in [-0.05, 0) is 66.1 Å². The second-order valence-electron chi connectivity index (χ2n) is 4.84. The third kappa shape index (κ3) is 4.96. The van der Waals surface area contributed by atoms with E-state index < -0.39 is 0 Å². The normalized spacial score (nSPS) is 12.8. The summed E-state index contributed by atoms with van der Waals surface area (Å²) in [4.78, 5) is 2.32. The Morgan fingerprint density at radius 3 is 2.72 bits per heavy atom. The Kier molecular flexibility index (Phi) is 6.68. The van der Waals surface area contributed by atoms with Crippen molar-refractivity contribution >= 4 is 15.9 Å². The van der Waals surface area contributed by atoms with E-state index in [1.165, 1.54) is 5.56 Å². The molecule has 1 rings (SSSR count). The number of halogens is 1. The first kappa shape index (κ1) is 15.5. The maximum atomic E-state index is 5.62. The predicted octanol–water partition coefficient (Wildman–Crippen LogP) is 2.87. The predicted molar refractivity (Wildman–Crippen MR) is 79.9 cm³/mol. The molecule has 0 amide bonds. The SMILES string of the molecule is COc1ccc(CN(C)CCC(C)CN)cc1Br. The first-order valence-corrected chi connectivity index (χ1v) is 7.07.